The topological polar surface area (TPSA) is 39.4 Å². The molecule has 0 bridgehead atoms. The fraction of sp³-hybridized carbons (Fsp3) is 0.188. The van der Waals surface area contributed by atoms with E-state index in [1.54, 1.807) is 7.11 Å². The Labute approximate surface area is 111 Å². The number of rotatable bonds is 2. The predicted molar refractivity (Wildman–Crippen MR) is 72.5 cm³/mol. The van der Waals surface area contributed by atoms with Gasteiger partial charge in [-0.05, 0) is 48.9 Å². The Kier molecular flexibility index (Phi) is 2.75. The Morgan fingerprint density at radius 3 is 2.79 bits per heavy atom. The lowest BCUT2D eigenvalue weighted by Crippen LogP contribution is -1.95. The van der Waals surface area contributed by atoms with Gasteiger partial charge < -0.3 is 9.15 Å². The van der Waals surface area contributed by atoms with Crippen molar-refractivity contribution in [3.63, 3.8) is 0 Å². The van der Waals surface area contributed by atoms with Gasteiger partial charge in [-0.15, -0.1) is 0 Å². The number of hydrogen-bond acceptors (Lipinski definition) is 3. The zero-order chi connectivity index (χ0) is 13.4. The molecular weight excluding hydrogens is 240 g/mol. The van der Waals surface area contributed by atoms with Gasteiger partial charge in [-0.2, -0.15) is 0 Å². The zero-order valence-corrected chi connectivity index (χ0v) is 10.9. The number of carbonyl (C=O) groups is 1. The molecule has 3 rings (SSSR count). The van der Waals surface area contributed by atoms with Crippen LogP contribution in [0.5, 0.6) is 5.75 Å². The number of aryl methyl sites for hydroxylation is 1. The lowest BCUT2D eigenvalue weighted by Gasteiger charge is -2.01. The van der Waals surface area contributed by atoms with Crippen LogP contribution in [0.15, 0.2) is 40.3 Å². The van der Waals surface area contributed by atoms with Crippen molar-refractivity contribution in [1.82, 2.24) is 0 Å². The summed E-state index contributed by atoms with van der Waals surface area (Å²) >= 11 is 0. The second-order valence-corrected chi connectivity index (χ2v) is 4.65. The fourth-order valence-electron chi connectivity index (χ4n) is 2.34. The first-order valence-electron chi connectivity index (χ1n) is 6.16. The second kappa shape index (κ2) is 4.43. The molecule has 19 heavy (non-hydrogen) atoms. The molecule has 0 saturated heterocycles. The lowest BCUT2D eigenvalue weighted by atomic mass is 10.1. The molecule has 0 amide bonds. The number of methoxy groups -OCH3 is 1. The number of Topliss-reactive ketones (excluding diaryl/α,β-unsaturated/α-hetero) is 1. The standard InChI is InChI=1S/C16H14O3/c1-10-3-4-14(19-10)9-12-7-11-8-13(18-2)5-6-15(11)16(12)17/h3-6,8-9H,7H2,1-2H3/b12-9+. The highest BCUT2D eigenvalue weighted by Gasteiger charge is 2.25. The largest absolute Gasteiger partial charge is 0.497 e. The van der Waals surface area contributed by atoms with E-state index in [4.69, 9.17) is 9.15 Å². The summed E-state index contributed by atoms with van der Waals surface area (Å²) < 4.78 is 10.7. The zero-order valence-electron chi connectivity index (χ0n) is 10.9. The van der Waals surface area contributed by atoms with Crippen molar-refractivity contribution < 1.29 is 13.9 Å². The molecule has 3 nitrogen and oxygen atoms in total. The van der Waals surface area contributed by atoms with Crippen LogP contribution < -0.4 is 4.74 Å². The third kappa shape index (κ3) is 2.08. The van der Waals surface area contributed by atoms with Crippen LogP contribution >= 0.6 is 0 Å². The summed E-state index contributed by atoms with van der Waals surface area (Å²) in [5.41, 5.74) is 2.53. The summed E-state index contributed by atoms with van der Waals surface area (Å²) in [4.78, 5) is 12.3. The summed E-state index contributed by atoms with van der Waals surface area (Å²) in [6.07, 6.45) is 2.45. The maximum atomic E-state index is 12.3. The molecule has 0 spiro atoms. The first-order valence-corrected chi connectivity index (χ1v) is 6.16. The highest BCUT2D eigenvalue weighted by molar-refractivity contribution is 6.15. The average molecular weight is 254 g/mol. The van der Waals surface area contributed by atoms with Gasteiger partial charge in [0.1, 0.15) is 17.3 Å². The third-order valence-corrected chi connectivity index (χ3v) is 3.31. The number of fused-ring (bicyclic) bond motifs is 1. The molecule has 0 N–H and O–H groups in total. The molecule has 0 saturated carbocycles. The third-order valence-electron chi connectivity index (χ3n) is 3.31. The van der Waals surface area contributed by atoms with Gasteiger partial charge in [-0.3, -0.25) is 4.79 Å². The highest BCUT2D eigenvalue weighted by Crippen LogP contribution is 2.30. The quantitative estimate of drug-likeness (QED) is 0.771. The van der Waals surface area contributed by atoms with Gasteiger partial charge in [-0.25, -0.2) is 0 Å². The molecule has 1 heterocycles. The van der Waals surface area contributed by atoms with Crippen LogP contribution in [0, 0.1) is 6.92 Å². The van der Waals surface area contributed by atoms with E-state index in [2.05, 4.69) is 0 Å². The molecule has 0 aliphatic heterocycles. The van der Waals surface area contributed by atoms with Gasteiger partial charge in [0.15, 0.2) is 5.78 Å². The van der Waals surface area contributed by atoms with Crippen molar-refractivity contribution in [3.8, 4) is 5.75 Å². The molecule has 2 aromatic rings. The van der Waals surface area contributed by atoms with Crippen molar-refractivity contribution in [3.05, 3.63) is 58.6 Å². The maximum Gasteiger partial charge on any atom is 0.189 e. The molecule has 1 aromatic heterocycles. The Hall–Kier alpha value is -2.29. The smallest absolute Gasteiger partial charge is 0.189 e. The number of hydrogen-bond donors (Lipinski definition) is 0. The predicted octanol–water partition coefficient (Wildman–Crippen LogP) is 3.42. The summed E-state index contributed by atoms with van der Waals surface area (Å²) in [5, 5.41) is 0. The lowest BCUT2D eigenvalue weighted by molar-refractivity contribution is 0.104. The van der Waals surface area contributed by atoms with E-state index in [-0.39, 0.29) is 5.78 Å². The van der Waals surface area contributed by atoms with Gasteiger partial charge in [-0.1, -0.05) is 0 Å². The molecule has 0 radical (unpaired) electrons. The summed E-state index contributed by atoms with van der Waals surface area (Å²) in [6.45, 7) is 1.89. The van der Waals surface area contributed by atoms with E-state index in [1.165, 1.54) is 0 Å². The van der Waals surface area contributed by atoms with E-state index in [0.29, 0.717) is 6.42 Å². The number of benzene rings is 1. The van der Waals surface area contributed by atoms with E-state index >= 15 is 0 Å². The second-order valence-electron chi connectivity index (χ2n) is 4.65. The minimum Gasteiger partial charge on any atom is -0.497 e. The van der Waals surface area contributed by atoms with Gasteiger partial charge in [0.2, 0.25) is 0 Å². The van der Waals surface area contributed by atoms with Gasteiger partial charge in [0.05, 0.1) is 7.11 Å². The number of ketones is 1. The SMILES string of the molecule is COc1ccc2c(c1)C/C(=C\c1ccc(C)o1)C2=O. The molecule has 0 fully saturated rings. The van der Waals surface area contributed by atoms with Crippen LogP contribution in [0.1, 0.15) is 27.4 Å². The summed E-state index contributed by atoms with van der Waals surface area (Å²) in [6, 6.07) is 9.32. The minimum atomic E-state index is 0.0757. The maximum absolute atomic E-state index is 12.3. The average Bonchev–Trinajstić information content (AvgIpc) is 2.95. The number of carbonyl (C=O) groups excluding carboxylic acids is 1. The first kappa shape index (κ1) is 11.8. The molecule has 0 atom stereocenters. The number of furan rings is 1. The Balaban J connectivity index is 1.96. The minimum absolute atomic E-state index is 0.0757. The Morgan fingerprint density at radius 2 is 2.11 bits per heavy atom. The normalized spacial score (nSPS) is 15.9. The van der Waals surface area contributed by atoms with Crippen LogP contribution in [0.25, 0.3) is 6.08 Å². The molecular formula is C16H14O3. The van der Waals surface area contributed by atoms with E-state index in [9.17, 15) is 4.79 Å². The van der Waals surface area contributed by atoms with E-state index < -0.39 is 0 Å². The van der Waals surface area contributed by atoms with Crippen LogP contribution in [-0.2, 0) is 6.42 Å². The number of ether oxygens (including phenoxy) is 1. The van der Waals surface area contributed by atoms with Crippen molar-refractivity contribution in [2.75, 3.05) is 7.11 Å². The van der Waals surface area contributed by atoms with Crippen LogP contribution in [-0.4, -0.2) is 12.9 Å². The van der Waals surface area contributed by atoms with E-state index in [0.717, 1.165) is 34.0 Å². The van der Waals surface area contributed by atoms with Gasteiger partial charge in [0, 0.05) is 17.6 Å². The van der Waals surface area contributed by atoms with Crippen LogP contribution in [0.2, 0.25) is 0 Å². The van der Waals surface area contributed by atoms with Crippen molar-refractivity contribution in [2.45, 2.75) is 13.3 Å². The van der Waals surface area contributed by atoms with Crippen LogP contribution in [0.4, 0.5) is 0 Å². The van der Waals surface area contributed by atoms with Crippen LogP contribution in [0.3, 0.4) is 0 Å². The Morgan fingerprint density at radius 1 is 1.26 bits per heavy atom. The number of allylic oxidation sites excluding steroid dienone is 1. The monoisotopic (exact) mass is 254 g/mol. The molecule has 1 aromatic carbocycles. The van der Waals surface area contributed by atoms with Crippen molar-refractivity contribution >= 4 is 11.9 Å². The Bertz CT molecular complexity index is 677. The van der Waals surface area contributed by atoms with E-state index in [1.807, 2.05) is 43.3 Å². The van der Waals surface area contributed by atoms with Gasteiger partial charge >= 0.3 is 0 Å². The first-order chi connectivity index (χ1) is 9.17. The van der Waals surface area contributed by atoms with Crippen molar-refractivity contribution in [2.24, 2.45) is 0 Å². The molecule has 1 aliphatic rings. The molecule has 3 heteroatoms. The fourth-order valence-corrected chi connectivity index (χ4v) is 2.34. The molecule has 0 unspecified atom stereocenters. The molecule has 96 valence electrons. The summed E-state index contributed by atoms with van der Waals surface area (Å²) in [5.74, 6) is 2.42. The van der Waals surface area contributed by atoms with Gasteiger partial charge in [0.25, 0.3) is 0 Å². The van der Waals surface area contributed by atoms with Crippen molar-refractivity contribution in [1.29, 1.82) is 0 Å². The highest BCUT2D eigenvalue weighted by atomic mass is 16.5. The molecule has 1 aliphatic carbocycles. The summed E-state index contributed by atoms with van der Waals surface area (Å²) in [7, 11) is 1.63.